The largest absolute Gasteiger partial charge is 0.495 e. The van der Waals surface area contributed by atoms with Gasteiger partial charge in [0.25, 0.3) is 0 Å². The molecule has 0 radical (unpaired) electrons. The van der Waals surface area contributed by atoms with E-state index in [-0.39, 0.29) is 24.6 Å². The van der Waals surface area contributed by atoms with Crippen molar-refractivity contribution in [1.29, 1.82) is 0 Å². The Kier molecular flexibility index (Phi) is 6.71. The molecule has 164 valence electrons. The molecule has 0 spiro atoms. The zero-order valence-corrected chi connectivity index (χ0v) is 18.0. The Bertz CT molecular complexity index is 925. The molecule has 0 saturated carbocycles. The number of hydrogen-bond donors (Lipinski definition) is 0. The van der Waals surface area contributed by atoms with Crippen LogP contribution in [0.5, 0.6) is 5.75 Å². The van der Waals surface area contributed by atoms with Gasteiger partial charge in [-0.1, -0.05) is 30.1 Å². The lowest BCUT2D eigenvalue weighted by Crippen LogP contribution is -2.49. The highest BCUT2D eigenvalue weighted by molar-refractivity contribution is 6.32. The number of amides is 1. The molecule has 3 rings (SSSR count). The van der Waals surface area contributed by atoms with Gasteiger partial charge in [-0.25, -0.2) is 0 Å². The van der Waals surface area contributed by atoms with Gasteiger partial charge in [0, 0.05) is 37.9 Å². The highest BCUT2D eigenvalue weighted by Crippen LogP contribution is 2.36. The van der Waals surface area contributed by atoms with Crippen LogP contribution in [-0.4, -0.2) is 53.9 Å². The highest BCUT2D eigenvalue weighted by Gasteiger charge is 2.39. The summed E-state index contributed by atoms with van der Waals surface area (Å²) in [5.41, 5.74) is -0.0372. The standard InChI is InChI=1S/C19H21Cl2F3N4O2/c1-3-14-17(21)18(19(22,23)24)25-28(14)11-16(29)27-8-6-26(7-9-27)12-4-5-13(20)15(10-12)30-2/h4-5,10H,3,6-9,11H2,1-2H3. The number of halogens is 5. The minimum Gasteiger partial charge on any atom is -0.495 e. The third-order valence-corrected chi connectivity index (χ3v) is 5.72. The Morgan fingerprint density at radius 2 is 1.87 bits per heavy atom. The second kappa shape index (κ2) is 8.93. The van der Waals surface area contributed by atoms with Crippen LogP contribution < -0.4 is 9.64 Å². The number of hydrogen-bond acceptors (Lipinski definition) is 4. The van der Waals surface area contributed by atoms with Crippen molar-refractivity contribution in [3.63, 3.8) is 0 Å². The van der Waals surface area contributed by atoms with Gasteiger partial charge < -0.3 is 14.5 Å². The topological polar surface area (TPSA) is 50.6 Å². The Hall–Kier alpha value is -2.13. The molecule has 1 aromatic heterocycles. The molecule has 1 fully saturated rings. The number of ether oxygens (including phenoxy) is 1. The van der Waals surface area contributed by atoms with Crippen molar-refractivity contribution in [3.8, 4) is 5.75 Å². The summed E-state index contributed by atoms with van der Waals surface area (Å²) < 4.78 is 45.5. The lowest BCUT2D eigenvalue weighted by molar-refractivity contribution is -0.142. The fourth-order valence-electron chi connectivity index (χ4n) is 3.41. The second-order valence-electron chi connectivity index (χ2n) is 6.80. The summed E-state index contributed by atoms with van der Waals surface area (Å²) in [6.45, 7) is 3.41. The first-order valence-corrected chi connectivity index (χ1v) is 10.1. The maximum atomic E-state index is 13.1. The fourth-order valence-corrected chi connectivity index (χ4v) is 3.98. The van der Waals surface area contributed by atoms with Gasteiger partial charge in [-0.3, -0.25) is 9.48 Å². The fraction of sp³-hybridized carbons (Fsp3) is 0.474. The summed E-state index contributed by atoms with van der Waals surface area (Å²) in [6.07, 6.45) is -4.43. The summed E-state index contributed by atoms with van der Waals surface area (Å²) >= 11 is 11.9. The predicted octanol–water partition coefficient (Wildman–Crippen LogP) is 4.13. The number of anilines is 1. The number of benzene rings is 1. The molecule has 6 nitrogen and oxygen atoms in total. The molecule has 1 aromatic carbocycles. The van der Waals surface area contributed by atoms with Crippen LogP contribution in [-0.2, 0) is 23.9 Å². The number of methoxy groups -OCH3 is 1. The van der Waals surface area contributed by atoms with Crippen molar-refractivity contribution in [3.05, 3.63) is 39.6 Å². The van der Waals surface area contributed by atoms with Crippen molar-refractivity contribution < 1.29 is 22.7 Å². The normalized spacial score (nSPS) is 14.9. The molecule has 1 amide bonds. The van der Waals surface area contributed by atoms with Gasteiger partial charge in [0.15, 0.2) is 5.69 Å². The summed E-state index contributed by atoms with van der Waals surface area (Å²) in [5.74, 6) is 0.265. The van der Waals surface area contributed by atoms with Crippen LogP contribution in [0, 0.1) is 0 Å². The highest BCUT2D eigenvalue weighted by atomic mass is 35.5. The molecular weight excluding hydrogens is 444 g/mol. The molecule has 11 heteroatoms. The van der Waals surface area contributed by atoms with Gasteiger partial charge in [0.1, 0.15) is 12.3 Å². The van der Waals surface area contributed by atoms with E-state index in [0.29, 0.717) is 37.0 Å². The van der Waals surface area contributed by atoms with E-state index in [1.165, 1.54) is 7.11 Å². The average Bonchev–Trinajstić information content (AvgIpc) is 3.03. The molecule has 0 aliphatic carbocycles. The zero-order valence-electron chi connectivity index (χ0n) is 16.5. The van der Waals surface area contributed by atoms with Crippen LogP contribution in [0.1, 0.15) is 18.3 Å². The van der Waals surface area contributed by atoms with E-state index in [1.807, 2.05) is 12.1 Å². The van der Waals surface area contributed by atoms with Gasteiger partial charge in [0.05, 0.1) is 22.8 Å². The minimum atomic E-state index is -4.67. The number of carbonyl (C=O) groups excluding carboxylic acids is 1. The summed E-state index contributed by atoms with van der Waals surface area (Å²) in [7, 11) is 1.54. The Balaban J connectivity index is 1.66. The maximum absolute atomic E-state index is 13.1. The van der Waals surface area contributed by atoms with Crippen molar-refractivity contribution in [2.75, 3.05) is 38.2 Å². The van der Waals surface area contributed by atoms with Crippen molar-refractivity contribution in [2.24, 2.45) is 0 Å². The van der Waals surface area contributed by atoms with Gasteiger partial charge >= 0.3 is 6.18 Å². The number of rotatable bonds is 5. The molecule has 2 heterocycles. The van der Waals surface area contributed by atoms with E-state index < -0.39 is 16.9 Å². The first-order chi connectivity index (χ1) is 14.2. The van der Waals surface area contributed by atoms with E-state index >= 15 is 0 Å². The molecule has 0 unspecified atom stereocenters. The lowest BCUT2D eigenvalue weighted by Gasteiger charge is -2.36. The first-order valence-electron chi connectivity index (χ1n) is 9.34. The minimum absolute atomic E-state index is 0.198. The van der Waals surface area contributed by atoms with E-state index in [9.17, 15) is 18.0 Å². The van der Waals surface area contributed by atoms with Crippen LogP contribution in [0.3, 0.4) is 0 Å². The monoisotopic (exact) mass is 464 g/mol. The summed E-state index contributed by atoms with van der Waals surface area (Å²) in [4.78, 5) is 16.4. The number of nitrogens with zero attached hydrogens (tertiary/aromatic N) is 4. The van der Waals surface area contributed by atoms with Crippen LogP contribution >= 0.6 is 23.2 Å². The molecule has 0 N–H and O–H groups in total. The molecule has 1 aliphatic rings. The Labute approximate surface area is 182 Å². The van der Waals surface area contributed by atoms with Crippen LogP contribution in [0.25, 0.3) is 0 Å². The second-order valence-corrected chi connectivity index (χ2v) is 7.59. The third-order valence-electron chi connectivity index (χ3n) is 5.01. The van der Waals surface area contributed by atoms with E-state index in [0.717, 1.165) is 10.4 Å². The number of alkyl halides is 3. The molecule has 0 bridgehead atoms. The Morgan fingerprint density at radius 1 is 1.20 bits per heavy atom. The number of carbonyl (C=O) groups is 1. The quantitative estimate of drug-likeness (QED) is 0.667. The molecule has 30 heavy (non-hydrogen) atoms. The summed E-state index contributed by atoms with van der Waals surface area (Å²) in [5, 5.41) is 3.62. The maximum Gasteiger partial charge on any atom is 0.436 e. The molecule has 2 aromatic rings. The van der Waals surface area contributed by atoms with Gasteiger partial charge in [0.2, 0.25) is 5.91 Å². The molecule has 1 aliphatic heterocycles. The van der Waals surface area contributed by atoms with Gasteiger partial charge in [-0.05, 0) is 18.6 Å². The molecule has 0 atom stereocenters. The molecule has 1 saturated heterocycles. The van der Waals surface area contributed by atoms with Gasteiger partial charge in [-0.2, -0.15) is 18.3 Å². The van der Waals surface area contributed by atoms with Crippen molar-refractivity contribution in [1.82, 2.24) is 14.7 Å². The lowest BCUT2D eigenvalue weighted by atomic mass is 10.2. The van der Waals surface area contributed by atoms with E-state index in [1.54, 1.807) is 17.9 Å². The SMILES string of the molecule is CCc1c(Cl)c(C(F)(F)F)nn1CC(=O)N1CCN(c2ccc(Cl)c(OC)c2)CC1. The number of piperazine rings is 1. The van der Waals surface area contributed by atoms with Crippen LogP contribution in [0.4, 0.5) is 18.9 Å². The van der Waals surface area contributed by atoms with Crippen molar-refractivity contribution >= 4 is 34.8 Å². The van der Waals surface area contributed by atoms with Gasteiger partial charge in [-0.15, -0.1) is 0 Å². The molecular formula is C19H21Cl2F3N4O2. The van der Waals surface area contributed by atoms with E-state index in [4.69, 9.17) is 27.9 Å². The smallest absolute Gasteiger partial charge is 0.436 e. The average molecular weight is 465 g/mol. The summed E-state index contributed by atoms with van der Waals surface area (Å²) in [6, 6.07) is 5.46. The van der Waals surface area contributed by atoms with Crippen molar-refractivity contribution in [2.45, 2.75) is 26.1 Å². The van der Waals surface area contributed by atoms with Crippen LogP contribution in [0.15, 0.2) is 18.2 Å². The van der Waals surface area contributed by atoms with E-state index in [2.05, 4.69) is 10.00 Å². The third kappa shape index (κ3) is 4.62. The Morgan fingerprint density at radius 3 is 2.43 bits per heavy atom. The van der Waals surface area contributed by atoms with Crippen LogP contribution in [0.2, 0.25) is 10.0 Å². The number of aromatic nitrogens is 2. The zero-order chi connectivity index (χ0) is 22.1. The predicted molar refractivity (Wildman–Crippen MR) is 108 cm³/mol. The first kappa shape index (κ1) is 22.6.